The van der Waals surface area contributed by atoms with Crippen molar-refractivity contribution in [1.82, 2.24) is 4.98 Å². The van der Waals surface area contributed by atoms with Crippen LogP contribution in [0.1, 0.15) is 0 Å². The van der Waals surface area contributed by atoms with Crippen LogP contribution in [-0.2, 0) is 10.0 Å². The van der Waals surface area contributed by atoms with Gasteiger partial charge in [0.2, 0.25) is 15.9 Å². The maximum atomic E-state index is 12.1. The van der Waals surface area contributed by atoms with Crippen molar-refractivity contribution in [3.8, 4) is 11.8 Å². The Kier molecular flexibility index (Phi) is 4.04. The number of alkyl halides is 3. The highest BCUT2D eigenvalue weighted by molar-refractivity contribution is 7.89. The lowest BCUT2D eigenvalue weighted by atomic mass is 10.4. The molecule has 0 radical (unpaired) electrons. The van der Waals surface area contributed by atoms with Gasteiger partial charge in [0.25, 0.3) is 0 Å². The fraction of sp³-hybridized carbons (Fsp3) is 0.286. The molecule has 1 rings (SSSR count). The number of aromatic nitrogens is 1. The molecule has 9 nitrogen and oxygen atoms in total. The fourth-order valence-electron chi connectivity index (χ4n) is 1.12. The Balaban J connectivity index is 3.58. The van der Waals surface area contributed by atoms with Crippen LogP contribution in [0.15, 0.2) is 11.0 Å². The summed E-state index contributed by atoms with van der Waals surface area (Å²) in [6, 6.07) is 0.266. The van der Waals surface area contributed by atoms with Crippen LogP contribution in [0.5, 0.6) is 11.8 Å². The largest absolute Gasteiger partial charge is 0.574 e. The van der Waals surface area contributed by atoms with Gasteiger partial charge in [-0.05, 0) is 0 Å². The SMILES string of the molecule is COc1nc(OC(F)(F)F)c([N+](=O)[O-])cc1S(N)(=O)=O. The van der Waals surface area contributed by atoms with Crippen molar-refractivity contribution in [2.45, 2.75) is 11.3 Å². The zero-order chi connectivity index (χ0) is 15.7. The first-order valence-electron chi connectivity index (χ1n) is 4.47. The summed E-state index contributed by atoms with van der Waals surface area (Å²) in [4.78, 5) is 11.4. The molecule has 0 bridgehead atoms. The number of primary sulfonamides is 1. The number of nitro groups is 1. The molecule has 0 spiro atoms. The molecule has 1 aromatic heterocycles. The van der Waals surface area contributed by atoms with Crippen LogP contribution < -0.4 is 14.6 Å². The normalized spacial score (nSPS) is 12.1. The summed E-state index contributed by atoms with van der Waals surface area (Å²) in [6.07, 6.45) is -5.26. The number of methoxy groups -OCH3 is 1. The summed E-state index contributed by atoms with van der Waals surface area (Å²) in [6.45, 7) is 0. The minimum Gasteiger partial charge on any atom is -0.480 e. The summed E-state index contributed by atoms with van der Waals surface area (Å²) in [5.41, 5.74) is -1.33. The number of nitrogens with two attached hydrogens (primary N) is 1. The number of hydrogen-bond acceptors (Lipinski definition) is 7. The second-order valence-corrected chi connectivity index (χ2v) is 4.70. The Bertz CT molecular complexity index is 644. The molecule has 0 aliphatic carbocycles. The van der Waals surface area contributed by atoms with Crippen molar-refractivity contribution in [2.24, 2.45) is 5.14 Å². The molecule has 0 aliphatic heterocycles. The van der Waals surface area contributed by atoms with Gasteiger partial charge in [0, 0.05) is 6.07 Å². The molecule has 0 aromatic carbocycles. The van der Waals surface area contributed by atoms with Crippen LogP contribution in [-0.4, -0.2) is 31.8 Å². The molecule has 0 fully saturated rings. The average molecular weight is 317 g/mol. The highest BCUT2D eigenvalue weighted by Gasteiger charge is 2.37. The lowest BCUT2D eigenvalue weighted by molar-refractivity contribution is -0.389. The third-order valence-electron chi connectivity index (χ3n) is 1.81. The van der Waals surface area contributed by atoms with Crippen molar-refractivity contribution >= 4 is 15.7 Å². The van der Waals surface area contributed by atoms with Gasteiger partial charge in [0.15, 0.2) is 4.90 Å². The molecule has 0 unspecified atom stereocenters. The first-order valence-corrected chi connectivity index (χ1v) is 6.02. The maximum absolute atomic E-state index is 12.1. The predicted octanol–water partition coefficient (Wildman–Crippen LogP) is 0.544. The Hall–Kier alpha value is -2.15. The van der Waals surface area contributed by atoms with Crippen LogP contribution in [0.4, 0.5) is 18.9 Å². The molecule has 112 valence electrons. The van der Waals surface area contributed by atoms with Gasteiger partial charge in [0.1, 0.15) is 0 Å². The lowest BCUT2D eigenvalue weighted by Gasteiger charge is -2.11. The summed E-state index contributed by atoms with van der Waals surface area (Å²) < 4.78 is 66.3. The standard InChI is InChI=1S/C7H6F3N3O6S/c1-18-6-4(20(11,16)17)2-3(13(14)15)5(12-6)19-7(8,9)10/h2H,1H3,(H2,11,16,17). The Labute approximate surface area is 109 Å². The third kappa shape index (κ3) is 3.67. The monoisotopic (exact) mass is 317 g/mol. The maximum Gasteiger partial charge on any atom is 0.574 e. The average Bonchev–Trinajstić information content (AvgIpc) is 2.24. The van der Waals surface area contributed by atoms with E-state index in [1.165, 1.54) is 0 Å². The van der Waals surface area contributed by atoms with Gasteiger partial charge < -0.3 is 9.47 Å². The van der Waals surface area contributed by atoms with E-state index in [1.807, 2.05) is 0 Å². The first kappa shape index (κ1) is 15.9. The molecule has 1 heterocycles. The van der Waals surface area contributed by atoms with E-state index in [-0.39, 0.29) is 6.07 Å². The van der Waals surface area contributed by atoms with E-state index in [2.05, 4.69) is 14.5 Å². The minimum atomic E-state index is -5.26. The van der Waals surface area contributed by atoms with Crippen LogP contribution in [0.25, 0.3) is 0 Å². The van der Waals surface area contributed by atoms with E-state index in [0.29, 0.717) is 0 Å². The van der Waals surface area contributed by atoms with Crippen molar-refractivity contribution < 1.29 is 36.0 Å². The van der Waals surface area contributed by atoms with Gasteiger partial charge in [0.05, 0.1) is 12.0 Å². The quantitative estimate of drug-likeness (QED) is 0.632. The number of ether oxygens (including phenoxy) is 2. The van der Waals surface area contributed by atoms with E-state index < -0.39 is 43.7 Å². The molecule has 1 aromatic rings. The smallest absolute Gasteiger partial charge is 0.480 e. The highest BCUT2D eigenvalue weighted by Crippen LogP contribution is 2.35. The van der Waals surface area contributed by atoms with Crippen molar-refractivity contribution in [1.29, 1.82) is 0 Å². The fourth-order valence-corrected chi connectivity index (χ4v) is 1.77. The molecule has 0 saturated heterocycles. The topological polar surface area (TPSA) is 135 Å². The second-order valence-electron chi connectivity index (χ2n) is 3.17. The zero-order valence-electron chi connectivity index (χ0n) is 9.54. The van der Waals surface area contributed by atoms with E-state index in [1.54, 1.807) is 0 Å². The van der Waals surface area contributed by atoms with Crippen LogP contribution >= 0.6 is 0 Å². The second kappa shape index (κ2) is 5.09. The van der Waals surface area contributed by atoms with Gasteiger partial charge in [-0.3, -0.25) is 10.1 Å². The van der Waals surface area contributed by atoms with E-state index in [0.717, 1.165) is 7.11 Å². The Morgan fingerprint density at radius 3 is 2.30 bits per heavy atom. The van der Waals surface area contributed by atoms with Gasteiger partial charge in [-0.1, -0.05) is 0 Å². The third-order valence-corrected chi connectivity index (χ3v) is 2.72. The summed E-state index contributed by atoms with van der Waals surface area (Å²) in [5, 5.41) is 15.4. The van der Waals surface area contributed by atoms with Gasteiger partial charge >= 0.3 is 17.9 Å². The number of rotatable bonds is 4. The summed E-state index contributed by atoms with van der Waals surface area (Å²) in [5.74, 6) is -2.33. The number of hydrogen-bond donors (Lipinski definition) is 1. The van der Waals surface area contributed by atoms with Gasteiger partial charge in [-0.15, -0.1) is 13.2 Å². The van der Waals surface area contributed by atoms with Crippen molar-refractivity contribution in [2.75, 3.05) is 7.11 Å². The van der Waals surface area contributed by atoms with E-state index >= 15 is 0 Å². The van der Waals surface area contributed by atoms with Crippen molar-refractivity contribution in [3.05, 3.63) is 16.2 Å². The lowest BCUT2D eigenvalue weighted by Crippen LogP contribution is -2.20. The molecule has 0 atom stereocenters. The number of halogens is 3. The summed E-state index contributed by atoms with van der Waals surface area (Å²) >= 11 is 0. The van der Waals surface area contributed by atoms with Crippen LogP contribution in [0.3, 0.4) is 0 Å². The number of sulfonamides is 1. The number of nitrogens with zero attached hydrogens (tertiary/aromatic N) is 2. The van der Waals surface area contributed by atoms with Gasteiger partial charge in [-0.25, -0.2) is 13.6 Å². The van der Waals surface area contributed by atoms with E-state index in [9.17, 15) is 31.7 Å². The highest BCUT2D eigenvalue weighted by atomic mass is 32.2. The minimum absolute atomic E-state index is 0.266. The molecular formula is C7H6F3N3O6S. The molecule has 0 aliphatic rings. The molecule has 0 amide bonds. The van der Waals surface area contributed by atoms with E-state index in [4.69, 9.17) is 5.14 Å². The van der Waals surface area contributed by atoms with Crippen molar-refractivity contribution in [3.63, 3.8) is 0 Å². The summed E-state index contributed by atoms with van der Waals surface area (Å²) in [7, 11) is -3.60. The number of pyridine rings is 1. The predicted molar refractivity (Wildman–Crippen MR) is 55.5 cm³/mol. The van der Waals surface area contributed by atoms with Crippen LogP contribution in [0, 0.1) is 10.1 Å². The molecule has 0 saturated carbocycles. The zero-order valence-corrected chi connectivity index (χ0v) is 10.4. The Morgan fingerprint density at radius 2 is 1.95 bits per heavy atom. The first-order chi connectivity index (χ1) is 8.95. The molecular weight excluding hydrogens is 311 g/mol. The van der Waals surface area contributed by atoms with Crippen LogP contribution in [0.2, 0.25) is 0 Å². The Morgan fingerprint density at radius 1 is 1.40 bits per heavy atom. The molecule has 13 heteroatoms. The van der Waals surface area contributed by atoms with Gasteiger partial charge in [-0.2, -0.15) is 4.98 Å². The molecule has 20 heavy (non-hydrogen) atoms. The molecule has 2 N–H and O–H groups in total.